The molecule has 2 fully saturated rings. The lowest BCUT2D eigenvalue weighted by atomic mass is 9.59. The second kappa shape index (κ2) is 9.76. The summed E-state index contributed by atoms with van der Waals surface area (Å²) in [5.74, 6) is 9.34. The average Bonchev–Trinajstić information content (AvgIpc) is 3.30. The van der Waals surface area contributed by atoms with Crippen LogP contribution in [0.25, 0.3) is 0 Å². The summed E-state index contributed by atoms with van der Waals surface area (Å²) in [5, 5.41) is 0. The van der Waals surface area contributed by atoms with Gasteiger partial charge in [0.15, 0.2) is 0 Å². The molecule has 2 saturated carbocycles. The molecule has 10 unspecified atom stereocenters. The summed E-state index contributed by atoms with van der Waals surface area (Å²) in [6.45, 7) is 20.0. The summed E-state index contributed by atoms with van der Waals surface area (Å²) in [5.41, 5.74) is 0.782. The van der Waals surface area contributed by atoms with Crippen LogP contribution in [0.3, 0.4) is 0 Å². The van der Waals surface area contributed by atoms with Crippen LogP contribution in [0.15, 0.2) is 0 Å². The highest BCUT2D eigenvalue weighted by Crippen LogP contribution is 2.64. The minimum absolute atomic E-state index is 0.782. The molecule has 0 aromatic heterocycles. The highest BCUT2D eigenvalue weighted by atomic mass is 31.0. The van der Waals surface area contributed by atoms with Gasteiger partial charge in [-0.05, 0) is 71.3 Å². The Balaban J connectivity index is 2.34. The van der Waals surface area contributed by atoms with Crippen LogP contribution in [-0.2, 0) is 0 Å². The molecule has 0 spiro atoms. The molecule has 2 aliphatic carbocycles. The normalized spacial score (nSPS) is 38.4. The zero-order valence-electron chi connectivity index (χ0n) is 19.2. The highest BCUT2D eigenvalue weighted by molar-refractivity contribution is 7.17. The molecule has 0 radical (unpaired) electrons. The van der Waals surface area contributed by atoms with Crippen molar-refractivity contribution in [1.29, 1.82) is 0 Å². The second-order valence-corrected chi connectivity index (χ2v) is 12.0. The van der Waals surface area contributed by atoms with E-state index in [1.54, 1.807) is 0 Å². The average molecular weight is 381 g/mol. The standard InChI is InChI=1S/C25H49P/c1-9-10-12-18(7)23(25-21(16(4)5)24(25)19(8)26)22-17(6)13-11-14-20(22)15(2)3/h15-25H,9-14,26H2,1-8H3. The van der Waals surface area contributed by atoms with E-state index < -0.39 is 0 Å². The lowest BCUT2D eigenvalue weighted by Gasteiger charge is -2.46. The summed E-state index contributed by atoms with van der Waals surface area (Å²) in [7, 11) is 3.17. The number of rotatable bonds is 9. The molecule has 0 amide bonds. The molecule has 2 aliphatic rings. The second-order valence-electron chi connectivity index (χ2n) is 10.9. The molecule has 26 heavy (non-hydrogen) atoms. The van der Waals surface area contributed by atoms with Crippen LogP contribution >= 0.6 is 9.24 Å². The maximum Gasteiger partial charge on any atom is -0.0259 e. The van der Waals surface area contributed by atoms with Crippen molar-refractivity contribution in [1.82, 2.24) is 0 Å². The van der Waals surface area contributed by atoms with Crippen LogP contribution in [0.2, 0.25) is 0 Å². The molecule has 0 saturated heterocycles. The molecule has 154 valence electrons. The van der Waals surface area contributed by atoms with Crippen LogP contribution in [0.4, 0.5) is 0 Å². The van der Waals surface area contributed by atoms with Crippen molar-refractivity contribution >= 4 is 9.24 Å². The first-order valence-corrected chi connectivity index (χ1v) is 12.6. The monoisotopic (exact) mass is 380 g/mol. The van der Waals surface area contributed by atoms with Crippen molar-refractivity contribution in [3.63, 3.8) is 0 Å². The third kappa shape index (κ3) is 4.88. The molecule has 10 atom stereocenters. The first-order chi connectivity index (χ1) is 12.2. The molecule has 0 heterocycles. The molecular weight excluding hydrogens is 331 g/mol. The summed E-state index contributed by atoms with van der Waals surface area (Å²) in [4.78, 5) is 0. The fraction of sp³-hybridized carbons (Fsp3) is 1.00. The predicted octanol–water partition coefficient (Wildman–Crippen LogP) is 7.92. The maximum atomic E-state index is 3.17. The van der Waals surface area contributed by atoms with E-state index in [1.807, 2.05) is 0 Å². The smallest absolute Gasteiger partial charge is 0.0259 e. The van der Waals surface area contributed by atoms with Crippen LogP contribution in [0.1, 0.15) is 93.9 Å². The van der Waals surface area contributed by atoms with Crippen LogP contribution in [0.5, 0.6) is 0 Å². The topological polar surface area (TPSA) is 0 Å². The fourth-order valence-corrected chi connectivity index (χ4v) is 7.66. The number of hydrogen-bond donors (Lipinski definition) is 0. The maximum absolute atomic E-state index is 3.17. The van der Waals surface area contributed by atoms with E-state index in [1.165, 1.54) is 38.5 Å². The predicted molar refractivity (Wildman–Crippen MR) is 121 cm³/mol. The molecule has 0 N–H and O–H groups in total. The summed E-state index contributed by atoms with van der Waals surface area (Å²) >= 11 is 0. The Labute approximate surface area is 168 Å². The Morgan fingerprint density at radius 2 is 1.50 bits per heavy atom. The lowest BCUT2D eigenvalue weighted by molar-refractivity contribution is 0.0241. The summed E-state index contributed by atoms with van der Waals surface area (Å²) in [6.07, 6.45) is 8.67. The quantitative estimate of drug-likeness (QED) is 0.356. The SMILES string of the molecule is CCCCC(C)C(C1C(C)CCCC1C(C)C)C1C(C(C)C)C1C(C)P. The molecule has 2 rings (SSSR count). The van der Waals surface area contributed by atoms with Gasteiger partial charge in [0.05, 0.1) is 0 Å². The molecular formula is C25H49P. The fourth-order valence-electron chi connectivity index (χ4n) is 7.15. The van der Waals surface area contributed by atoms with E-state index in [4.69, 9.17) is 0 Å². The van der Waals surface area contributed by atoms with Gasteiger partial charge in [-0.3, -0.25) is 0 Å². The van der Waals surface area contributed by atoms with Gasteiger partial charge in [0.1, 0.15) is 0 Å². The van der Waals surface area contributed by atoms with E-state index >= 15 is 0 Å². The first kappa shape index (κ1) is 22.7. The van der Waals surface area contributed by atoms with Gasteiger partial charge < -0.3 is 0 Å². The molecule has 1 heteroatoms. The summed E-state index contributed by atoms with van der Waals surface area (Å²) < 4.78 is 0. The van der Waals surface area contributed by atoms with Crippen molar-refractivity contribution < 1.29 is 0 Å². The van der Waals surface area contributed by atoms with Crippen molar-refractivity contribution in [2.45, 2.75) is 99.6 Å². The zero-order chi connectivity index (χ0) is 19.6. The highest BCUT2D eigenvalue weighted by Gasteiger charge is 2.59. The molecule has 0 aromatic rings. The van der Waals surface area contributed by atoms with Gasteiger partial charge in [0.25, 0.3) is 0 Å². The van der Waals surface area contributed by atoms with Gasteiger partial charge in [-0.25, -0.2) is 0 Å². The number of hydrogen-bond acceptors (Lipinski definition) is 0. The van der Waals surface area contributed by atoms with E-state index in [0.29, 0.717) is 0 Å². The van der Waals surface area contributed by atoms with E-state index in [-0.39, 0.29) is 0 Å². The Hall–Kier alpha value is 0.430. The van der Waals surface area contributed by atoms with Crippen LogP contribution < -0.4 is 0 Å². The Morgan fingerprint density at radius 3 is 1.96 bits per heavy atom. The third-order valence-corrected chi connectivity index (χ3v) is 8.78. The Kier molecular flexibility index (Phi) is 8.53. The van der Waals surface area contributed by atoms with Gasteiger partial charge in [-0.1, -0.05) is 87.5 Å². The van der Waals surface area contributed by atoms with Crippen molar-refractivity contribution in [3.8, 4) is 0 Å². The van der Waals surface area contributed by atoms with Gasteiger partial charge >= 0.3 is 0 Å². The van der Waals surface area contributed by atoms with Crippen LogP contribution in [0, 0.1) is 59.2 Å². The van der Waals surface area contributed by atoms with E-state index in [9.17, 15) is 0 Å². The van der Waals surface area contributed by atoms with Crippen molar-refractivity contribution in [2.24, 2.45) is 59.2 Å². The van der Waals surface area contributed by atoms with Crippen molar-refractivity contribution in [2.75, 3.05) is 0 Å². The van der Waals surface area contributed by atoms with E-state index in [2.05, 4.69) is 64.6 Å². The van der Waals surface area contributed by atoms with Gasteiger partial charge in [-0.15, -0.1) is 9.24 Å². The lowest BCUT2D eigenvalue weighted by Crippen LogP contribution is -2.40. The van der Waals surface area contributed by atoms with Gasteiger partial charge in [0.2, 0.25) is 0 Å². The van der Waals surface area contributed by atoms with Crippen molar-refractivity contribution in [3.05, 3.63) is 0 Å². The van der Waals surface area contributed by atoms with Crippen LogP contribution in [-0.4, -0.2) is 5.66 Å². The van der Waals surface area contributed by atoms with Gasteiger partial charge in [-0.2, -0.15) is 0 Å². The minimum atomic E-state index is 0.782. The molecule has 0 nitrogen and oxygen atoms in total. The minimum Gasteiger partial charge on any atom is -0.134 e. The molecule has 0 aliphatic heterocycles. The zero-order valence-corrected chi connectivity index (χ0v) is 20.3. The van der Waals surface area contributed by atoms with E-state index in [0.717, 1.165) is 64.8 Å². The molecule has 0 aromatic carbocycles. The Morgan fingerprint density at radius 1 is 0.846 bits per heavy atom. The summed E-state index contributed by atoms with van der Waals surface area (Å²) in [6, 6.07) is 0. The third-order valence-electron chi connectivity index (χ3n) is 8.33. The molecule has 0 bridgehead atoms. The largest absolute Gasteiger partial charge is 0.134 e. The first-order valence-electron chi connectivity index (χ1n) is 12.0. The number of unbranched alkanes of at least 4 members (excludes halogenated alkanes) is 1. The van der Waals surface area contributed by atoms with Gasteiger partial charge in [0, 0.05) is 0 Å². The Bertz CT molecular complexity index is 398.